The summed E-state index contributed by atoms with van der Waals surface area (Å²) >= 11 is 0. The lowest BCUT2D eigenvalue weighted by atomic mass is 9.69. The first kappa shape index (κ1) is 25.9. The summed E-state index contributed by atoms with van der Waals surface area (Å²) in [4.78, 5) is 42.3. The molecule has 0 radical (unpaired) electrons. The molecule has 3 amide bonds. The van der Waals surface area contributed by atoms with Crippen LogP contribution in [0.1, 0.15) is 44.7 Å². The number of para-hydroxylation sites is 1. The molecule has 34 heavy (non-hydrogen) atoms. The predicted molar refractivity (Wildman–Crippen MR) is 133 cm³/mol. The maximum Gasteiger partial charge on any atom is 0.247 e. The van der Waals surface area contributed by atoms with Gasteiger partial charge in [0.25, 0.3) is 0 Å². The minimum absolute atomic E-state index is 0.0786. The molecule has 1 aliphatic carbocycles. The number of hydrogen-bond donors (Lipinski definition) is 3. The number of amides is 3. The summed E-state index contributed by atoms with van der Waals surface area (Å²) < 4.78 is 0. The molecule has 3 rings (SSSR count). The molecule has 1 saturated heterocycles. The number of carbonyl (C=O) groups is 3. The molecule has 0 spiro atoms. The highest BCUT2D eigenvalue weighted by molar-refractivity contribution is 6.02. The van der Waals surface area contributed by atoms with E-state index in [1.54, 1.807) is 11.9 Å². The van der Waals surface area contributed by atoms with E-state index >= 15 is 0 Å². The van der Waals surface area contributed by atoms with Crippen molar-refractivity contribution in [3.8, 4) is 0 Å². The molecular formula is C27H39N3O4. The second-order valence-electron chi connectivity index (χ2n) is 10.1. The molecule has 2 aliphatic rings. The molecule has 1 aromatic rings. The minimum Gasteiger partial charge on any atom is -0.394 e. The van der Waals surface area contributed by atoms with Gasteiger partial charge in [-0.2, -0.15) is 0 Å². The van der Waals surface area contributed by atoms with Gasteiger partial charge in [-0.15, -0.1) is 0 Å². The van der Waals surface area contributed by atoms with Gasteiger partial charge in [-0.3, -0.25) is 14.4 Å². The van der Waals surface area contributed by atoms with Crippen LogP contribution in [0, 0.1) is 43.4 Å². The van der Waals surface area contributed by atoms with Crippen LogP contribution in [0.2, 0.25) is 0 Å². The van der Waals surface area contributed by atoms with Crippen LogP contribution in [0.5, 0.6) is 0 Å². The van der Waals surface area contributed by atoms with Gasteiger partial charge in [-0.05, 0) is 49.7 Å². The summed E-state index contributed by atoms with van der Waals surface area (Å²) in [6, 6.07) is 4.52. The van der Waals surface area contributed by atoms with Crippen LogP contribution in [-0.4, -0.2) is 53.5 Å². The topological polar surface area (TPSA) is 98.7 Å². The van der Waals surface area contributed by atoms with Crippen molar-refractivity contribution < 1.29 is 19.5 Å². The Labute approximate surface area is 203 Å². The first-order chi connectivity index (χ1) is 16.2. The molecular weight excluding hydrogens is 430 g/mol. The van der Waals surface area contributed by atoms with Crippen molar-refractivity contribution in [2.45, 2.75) is 59.5 Å². The maximum atomic E-state index is 13.9. The molecule has 186 valence electrons. The number of aliphatic hydroxyl groups is 1. The summed E-state index contributed by atoms with van der Waals surface area (Å²) in [7, 11) is 1.58. The number of nitrogens with zero attached hydrogens (tertiary/aromatic N) is 1. The molecule has 1 heterocycles. The van der Waals surface area contributed by atoms with Crippen molar-refractivity contribution in [3.05, 3.63) is 41.5 Å². The SMILES string of the molecule is CC[C@@H]1C=C[C@H]2[C@H](C(=O)N([C@@H](CO)CC(C)C)[C@@H]2C(=O)Nc2c(C)cccc2C)[C@@H]1C(=O)NC. The van der Waals surface area contributed by atoms with Crippen molar-refractivity contribution in [1.29, 1.82) is 0 Å². The molecule has 7 nitrogen and oxygen atoms in total. The minimum atomic E-state index is -0.798. The van der Waals surface area contributed by atoms with Crippen molar-refractivity contribution in [3.63, 3.8) is 0 Å². The van der Waals surface area contributed by atoms with Gasteiger partial charge in [0.15, 0.2) is 0 Å². The number of fused-ring (bicyclic) bond motifs is 1. The third-order valence-corrected chi connectivity index (χ3v) is 7.41. The van der Waals surface area contributed by atoms with Crippen LogP contribution in [0.15, 0.2) is 30.4 Å². The highest BCUT2D eigenvalue weighted by Crippen LogP contribution is 2.46. The molecule has 3 N–H and O–H groups in total. The summed E-state index contributed by atoms with van der Waals surface area (Å²) in [5, 5.41) is 16.1. The molecule has 1 fully saturated rings. The zero-order valence-corrected chi connectivity index (χ0v) is 21.2. The predicted octanol–water partition coefficient (Wildman–Crippen LogP) is 3.05. The fourth-order valence-electron chi connectivity index (χ4n) is 5.78. The van der Waals surface area contributed by atoms with Crippen molar-refractivity contribution in [2.75, 3.05) is 19.0 Å². The Morgan fingerprint density at radius 3 is 2.29 bits per heavy atom. The van der Waals surface area contributed by atoms with Crippen molar-refractivity contribution in [2.24, 2.45) is 29.6 Å². The maximum absolute atomic E-state index is 13.9. The van der Waals surface area contributed by atoms with E-state index in [-0.39, 0.29) is 36.2 Å². The van der Waals surface area contributed by atoms with E-state index in [2.05, 4.69) is 10.6 Å². The van der Waals surface area contributed by atoms with E-state index in [0.717, 1.165) is 23.2 Å². The molecule has 7 heteroatoms. The van der Waals surface area contributed by atoms with E-state index in [0.29, 0.717) is 6.42 Å². The number of carbonyl (C=O) groups excluding carboxylic acids is 3. The number of anilines is 1. The molecule has 0 aromatic heterocycles. The first-order valence-corrected chi connectivity index (χ1v) is 12.4. The highest BCUT2D eigenvalue weighted by atomic mass is 16.3. The number of aryl methyl sites for hydroxylation is 2. The number of benzene rings is 1. The van der Waals surface area contributed by atoms with Gasteiger partial charge in [0.05, 0.1) is 24.5 Å². The zero-order chi connectivity index (χ0) is 25.2. The molecule has 1 aliphatic heterocycles. The lowest BCUT2D eigenvalue weighted by Crippen LogP contribution is -2.51. The lowest BCUT2D eigenvalue weighted by molar-refractivity contribution is -0.143. The number of allylic oxidation sites excluding steroid dienone is 1. The Bertz CT molecular complexity index is 937. The van der Waals surface area contributed by atoms with E-state index in [1.165, 1.54) is 0 Å². The van der Waals surface area contributed by atoms with Gasteiger partial charge in [0.2, 0.25) is 17.7 Å². The summed E-state index contributed by atoms with van der Waals surface area (Å²) in [6.45, 7) is 9.70. The standard InChI is InChI=1S/C27H39N3O4/c1-7-18-11-12-20-22(21(18)25(32)28-6)27(34)30(19(14-31)13-15(2)3)24(20)26(33)29-23-16(4)9-8-10-17(23)5/h8-12,15,18-22,24,31H,7,13-14H2,1-6H3,(H,28,32)(H,29,33)/t18-,19-,20+,21-,22+,24+/m1/s1. The molecule has 1 aromatic carbocycles. The average molecular weight is 470 g/mol. The van der Waals surface area contributed by atoms with Crippen LogP contribution >= 0.6 is 0 Å². The molecule has 0 bridgehead atoms. The summed E-state index contributed by atoms with van der Waals surface area (Å²) in [5.74, 6) is -2.16. The van der Waals surface area contributed by atoms with Crippen LogP contribution in [0.3, 0.4) is 0 Å². The van der Waals surface area contributed by atoms with Crippen LogP contribution < -0.4 is 10.6 Å². The van der Waals surface area contributed by atoms with E-state index in [9.17, 15) is 19.5 Å². The largest absolute Gasteiger partial charge is 0.394 e. The number of nitrogens with one attached hydrogen (secondary N) is 2. The fourth-order valence-corrected chi connectivity index (χ4v) is 5.78. The van der Waals surface area contributed by atoms with Crippen LogP contribution in [0.4, 0.5) is 5.69 Å². The molecule has 6 atom stereocenters. The Morgan fingerprint density at radius 1 is 1.12 bits per heavy atom. The smallest absolute Gasteiger partial charge is 0.247 e. The number of rotatable bonds is 8. The first-order valence-electron chi connectivity index (χ1n) is 12.4. The van der Waals surface area contributed by atoms with Gasteiger partial charge < -0.3 is 20.6 Å². The molecule has 0 saturated carbocycles. The van der Waals surface area contributed by atoms with E-state index in [4.69, 9.17) is 0 Å². The zero-order valence-electron chi connectivity index (χ0n) is 21.2. The van der Waals surface area contributed by atoms with Crippen molar-refractivity contribution >= 4 is 23.4 Å². The Hall–Kier alpha value is -2.67. The lowest BCUT2D eigenvalue weighted by Gasteiger charge is -2.34. The Morgan fingerprint density at radius 2 is 1.76 bits per heavy atom. The highest BCUT2D eigenvalue weighted by Gasteiger charge is 2.58. The monoisotopic (exact) mass is 469 g/mol. The van der Waals surface area contributed by atoms with Gasteiger partial charge >= 0.3 is 0 Å². The quantitative estimate of drug-likeness (QED) is 0.510. The van der Waals surface area contributed by atoms with Gasteiger partial charge in [-0.1, -0.05) is 51.1 Å². The Balaban J connectivity index is 2.08. The third-order valence-electron chi connectivity index (χ3n) is 7.41. The van der Waals surface area contributed by atoms with Gasteiger partial charge in [0, 0.05) is 18.7 Å². The van der Waals surface area contributed by atoms with E-state index < -0.39 is 29.8 Å². The van der Waals surface area contributed by atoms with Crippen LogP contribution in [0.25, 0.3) is 0 Å². The number of hydrogen-bond acceptors (Lipinski definition) is 4. The fraction of sp³-hybridized carbons (Fsp3) is 0.593. The molecule has 0 unspecified atom stereocenters. The normalized spacial score (nSPS) is 27.0. The van der Waals surface area contributed by atoms with Gasteiger partial charge in [-0.25, -0.2) is 0 Å². The van der Waals surface area contributed by atoms with Crippen molar-refractivity contribution in [1.82, 2.24) is 10.2 Å². The second-order valence-corrected chi connectivity index (χ2v) is 10.1. The Kier molecular flexibility index (Phi) is 8.18. The van der Waals surface area contributed by atoms with Gasteiger partial charge in [0.1, 0.15) is 6.04 Å². The summed E-state index contributed by atoms with van der Waals surface area (Å²) in [6.07, 6.45) is 5.24. The van der Waals surface area contributed by atoms with Crippen LogP contribution in [-0.2, 0) is 14.4 Å². The summed E-state index contributed by atoms with van der Waals surface area (Å²) in [5.41, 5.74) is 2.62. The van der Waals surface area contributed by atoms with E-state index in [1.807, 2.05) is 65.0 Å². The number of aliphatic hydroxyl groups excluding tert-OH is 1. The number of likely N-dealkylation sites (tertiary alicyclic amines) is 1. The second kappa shape index (κ2) is 10.7. The average Bonchev–Trinajstić information content (AvgIpc) is 3.10. The third kappa shape index (κ3) is 4.76.